The van der Waals surface area contributed by atoms with Gasteiger partial charge in [0.1, 0.15) is 11.9 Å². The highest BCUT2D eigenvalue weighted by atomic mass is 16.6. The summed E-state index contributed by atoms with van der Waals surface area (Å²) in [6, 6.07) is 14.1. The van der Waals surface area contributed by atoms with E-state index in [9.17, 15) is 14.4 Å². The molecular weight excluding hydrogens is 474 g/mol. The van der Waals surface area contributed by atoms with Gasteiger partial charge in [0.05, 0.1) is 19.7 Å². The molecule has 4 rings (SSSR count). The predicted molar refractivity (Wildman–Crippen MR) is 139 cm³/mol. The number of rotatable bonds is 8. The molecule has 2 amide bonds. The predicted octanol–water partition coefficient (Wildman–Crippen LogP) is 2.26. The highest BCUT2D eigenvalue weighted by Gasteiger charge is 2.34. The number of anilines is 1. The lowest BCUT2D eigenvalue weighted by molar-refractivity contribution is -0.144. The van der Waals surface area contributed by atoms with Crippen molar-refractivity contribution in [2.45, 2.75) is 20.0 Å². The van der Waals surface area contributed by atoms with Crippen LogP contribution in [0.1, 0.15) is 28.4 Å². The molecule has 2 saturated heterocycles. The average Bonchev–Trinajstić information content (AvgIpc) is 3.25. The number of hydrogen-bond donors (Lipinski definition) is 2. The van der Waals surface area contributed by atoms with Crippen LogP contribution >= 0.6 is 0 Å². The van der Waals surface area contributed by atoms with E-state index in [1.165, 1.54) is 0 Å². The molecule has 0 aromatic heterocycles. The van der Waals surface area contributed by atoms with Crippen LogP contribution < -0.4 is 10.2 Å². The van der Waals surface area contributed by atoms with Gasteiger partial charge in [0.25, 0.3) is 5.91 Å². The summed E-state index contributed by atoms with van der Waals surface area (Å²) in [6.45, 7) is 8.60. The van der Waals surface area contributed by atoms with Gasteiger partial charge in [-0.2, -0.15) is 0 Å². The van der Waals surface area contributed by atoms with Crippen molar-refractivity contribution in [2.24, 2.45) is 0 Å². The Morgan fingerprint density at radius 1 is 1.00 bits per heavy atom. The minimum absolute atomic E-state index is 0.0129. The summed E-state index contributed by atoms with van der Waals surface area (Å²) in [4.78, 5) is 42.5. The van der Waals surface area contributed by atoms with Crippen LogP contribution in [0.3, 0.4) is 0 Å². The lowest BCUT2D eigenvalue weighted by atomic mass is 10.1. The lowest BCUT2D eigenvalue weighted by Crippen LogP contribution is -2.50. The Hall–Kier alpha value is -3.76. The Balaban J connectivity index is 1.26. The van der Waals surface area contributed by atoms with Gasteiger partial charge < -0.3 is 14.8 Å². The summed E-state index contributed by atoms with van der Waals surface area (Å²) in [5.74, 6) is -0.561. The van der Waals surface area contributed by atoms with Gasteiger partial charge in [-0.1, -0.05) is 17.7 Å². The molecule has 2 heterocycles. The number of piperazine rings is 1. The lowest BCUT2D eigenvalue weighted by Gasteiger charge is -2.34. The molecule has 10 nitrogen and oxygen atoms in total. The van der Waals surface area contributed by atoms with Gasteiger partial charge in [0, 0.05) is 49.5 Å². The maximum absolute atomic E-state index is 12.5. The first-order chi connectivity index (χ1) is 17.8. The number of nitrogens with one attached hydrogen (secondary N) is 2. The second-order valence-corrected chi connectivity index (χ2v) is 9.24. The Labute approximate surface area is 216 Å². The van der Waals surface area contributed by atoms with Crippen molar-refractivity contribution in [3.8, 4) is 0 Å². The number of amides is 2. The first kappa shape index (κ1) is 26.3. The van der Waals surface area contributed by atoms with Crippen molar-refractivity contribution in [1.82, 2.24) is 15.1 Å². The monoisotopic (exact) mass is 507 g/mol. The molecule has 2 aromatic rings. The summed E-state index contributed by atoms with van der Waals surface area (Å²) in [6.07, 6.45) is -0.655. The summed E-state index contributed by atoms with van der Waals surface area (Å²) in [5, 5.41) is 10.9. The van der Waals surface area contributed by atoms with Gasteiger partial charge in [0.15, 0.2) is 0 Å². The van der Waals surface area contributed by atoms with Crippen LogP contribution in [-0.2, 0) is 14.3 Å². The summed E-state index contributed by atoms with van der Waals surface area (Å²) in [7, 11) is 0. The average molecular weight is 508 g/mol. The standard InChI is InChI=1S/C27H33N5O5/c1-3-36-24(33)18-31-14-12-30(13-15-31)16-23-17-32(27(35)37-23)22-10-8-20(9-11-22)25(28)29-26(34)21-6-4-19(2)5-7-21/h4-11,23H,3,12-18H2,1-2H3,(H2,28,29,34). The SMILES string of the molecule is CCOC(=O)CN1CCN(CC2CN(c3ccc(C(=N)NC(=O)c4ccc(C)cc4)cc3)C(=O)O2)CC1. The van der Waals surface area contributed by atoms with Gasteiger partial charge >= 0.3 is 12.1 Å². The third-order valence-corrected chi connectivity index (χ3v) is 6.48. The molecule has 2 fully saturated rings. The zero-order valence-electron chi connectivity index (χ0n) is 21.2. The zero-order chi connectivity index (χ0) is 26.4. The van der Waals surface area contributed by atoms with Crippen molar-refractivity contribution in [3.05, 3.63) is 65.2 Å². The second-order valence-electron chi connectivity index (χ2n) is 9.24. The fourth-order valence-electron chi connectivity index (χ4n) is 4.41. The molecule has 2 N–H and O–H groups in total. The Bertz CT molecular complexity index is 1130. The number of carbonyl (C=O) groups excluding carboxylic acids is 3. The van der Waals surface area contributed by atoms with Gasteiger partial charge in [-0.05, 0) is 50.2 Å². The molecule has 1 atom stereocenters. The number of benzene rings is 2. The summed E-state index contributed by atoms with van der Waals surface area (Å²) >= 11 is 0. The van der Waals surface area contributed by atoms with Gasteiger partial charge in [0.2, 0.25) is 0 Å². The van der Waals surface area contributed by atoms with E-state index in [0.717, 1.165) is 31.7 Å². The highest BCUT2D eigenvalue weighted by molar-refractivity contribution is 6.11. The van der Waals surface area contributed by atoms with Crippen LogP contribution in [0, 0.1) is 12.3 Å². The highest BCUT2D eigenvalue weighted by Crippen LogP contribution is 2.23. The Morgan fingerprint density at radius 3 is 2.27 bits per heavy atom. The first-order valence-corrected chi connectivity index (χ1v) is 12.5. The van der Waals surface area contributed by atoms with Crippen LogP contribution in [0.5, 0.6) is 0 Å². The van der Waals surface area contributed by atoms with Crippen molar-refractivity contribution in [2.75, 3.05) is 57.3 Å². The number of nitrogens with zero attached hydrogens (tertiary/aromatic N) is 3. The molecule has 0 radical (unpaired) electrons. The Morgan fingerprint density at radius 2 is 1.62 bits per heavy atom. The Kier molecular flexibility index (Phi) is 8.52. The maximum atomic E-state index is 12.5. The molecule has 0 saturated carbocycles. The fourth-order valence-corrected chi connectivity index (χ4v) is 4.41. The molecule has 10 heteroatoms. The fraction of sp³-hybridized carbons (Fsp3) is 0.407. The molecule has 2 aromatic carbocycles. The van der Waals surface area contributed by atoms with Crippen LogP contribution in [0.4, 0.5) is 10.5 Å². The topological polar surface area (TPSA) is 115 Å². The molecule has 2 aliphatic heterocycles. The molecule has 196 valence electrons. The van der Waals surface area contributed by atoms with Crippen molar-refractivity contribution >= 4 is 29.5 Å². The van der Waals surface area contributed by atoms with E-state index in [2.05, 4.69) is 15.1 Å². The third-order valence-electron chi connectivity index (χ3n) is 6.48. The van der Waals surface area contributed by atoms with E-state index >= 15 is 0 Å². The largest absolute Gasteiger partial charge is 0.465 e. The van der Waals surface area contributed by atoms with Crippen molar-refractivity contribution in [1.29, 1.82) is 5.41 Å². The quantitative estimate of drug-likeness (QED) is 0.320. The molecule has 0 bridgehead atoms. The van der Waals surface area contributed by atoms with Crippen molar-refractivity contribution in [3.63, 3.8) is 0 Å². The zero-order valence-corrected chi connectivity index (χ0v) is 21.2. The smallest absolute Gasteiger partial charge is 0.414 e. The van der Waals surface area contributed by atoms with E-state index in [1.54, 1.807) is 48.2 Å². The number of aryl methyl sites for hydroxylation is 1. The molecular formula is C27H33N5O5. The van der Waals surface area contributed by atoms with E-state index in [0.29, 0.717) is 43.1 Å². The summed E-state index contributed by atoms with van der Waals surface area (Å²) < 4.78 is 10.6. The third kappa shape index (κ3) is 6.93. The van der Waals surface area contributed by atoms with Crippen LogP contribution in [0.2, 0.25) is 0 Å². The van der Waals surface area contributed by atoms with Crippen LogP contribution in [0.15, 0.2) is 48.5 Å². The van der Waals surface area contributed by atoms with Gasteiger partial charge in [-0.25, -0.2) is 4.79 Å². The molecule has 0 aliphatic carbocycles. The minimum atomic E-state index is -0.401. The van der Waals surface area contributed by atoms with Gasteiger partial charge in [-0.3, -0.25) is 29.7 Å². The van der Waals surface area contributed by atoms with E-state index in [-0.39, 0.29) is 23.8 Å². The molecule has 1 unspecified atom stereocenters. The van der Waals surface area contributed by atoms with Crippen LogP contribution in [0.25, 0.3) is 0 Å². The number of hydrogen-bond acceptors (Lipinski definition) is 8. The number of amidine groups is 1. The molecule has 0 spiro atoms. The van der Waals surface area contributed by atoms with E-state index in [4.69, 9.17) is 14.9 Å². The summed E-state index contributed by atoms with van der Waals surface area (Å²) in [5.41, 5.74) is 2.75. The molecule has 37 heavy (non-hydrogen) atoms. The number of ether oxygens (including phenoxy) is 2. The number of carbonyl (C=O) groups is 3. The van der Waals surface area contributed by atoms with E-state index < -0.39 is 6.09 Å². The van der Waals surface area contributed by atoms with E-state index in [1.807, 2.05) is 19.1 Å². The second kappa shape index (κ2) is 12.0. The normalized spacial score (nSPS) is 18.4. The number of esters is 1. The minimum Gasteiger partial charge on any atom is -0.465 e. The first-order valence-electron chi connectivity index (χ1n) is 12.5. The van der Waals surface area contributed by atoms with Crippen LogP contribution in [-0.4, -0.2) is 92.1 Å². The molecule has 2 aliphatic rings. The van der Waals surface area contributed by atoms with Gasteiger partial charge in [-0.15, -0.1) is 0 Å². The maximum Gasteiger partial charge on any atom is 0.414 e. The number of cyclic esters (lactones) is 1. The van der Waals surface area contributed by atoms with Crippen molar-refractivity contribution < 1.29 is 23.9 Å².